The number of amides is 1. The van der Waals surface area contributed by atoms with E-state index in [9.17, 15) is 18.0 Å². The number of carbonyl (C=O) groups excluding carboxylic acids is 1. The average Bonchev–Trinajstić information content (AvgIpc) is 2.89. The van der Waals surface area contributed by atoms with Crippen molar-refractivity contribution in [1.29, 1.82) is 0 Å². The molecular formula is C32H61F3N2O. The molecule has 0 aliphatic rings. The first kappa shape index (κ1) is 37.0. The van der Waals surface area contributed by atoms with Gasteiger partial charge in [-0.3, -0.25) is 9.69 Å². The van der Waals surface area contributed by atoms with Crippen LogP contribution in [0.2, 0.25) is 0 Å². The summed E-state index contributed by atoms with van der Waals surface area (Å²) in [5.41, 5.74) is 0. The van der Waals surface area contributed by atoms with Crippen LogP contribution in [0.15, 0.2) is 12.2 Å². The Morgan fingerprint density at radius 1 is 0.605 bits per heavy atom. The van der Waals surface area contributed by atoms with Gasteiger partial charge in [-0.1, -0.05) is 135 Å². The van der Waals surface area contributed by atoms with Crippen molar-refractivity contribution in [3.05, 3.63) is 12.2 Å². The van der Waals surface area contributed by atoms with Crippen molar-refractivity contribution in [2.24, 2.45) is 0 Å². The van der Waals surface area contributed by atoms with Crippen molar-refractivity contribution < 1.29 is 18.0 Å². The predicted octanol–water partition coefficient (Wildman–Crippen LogP) is 10.1. The van der Waals surface area contributed by atoms with Crippen LogP contribution in [0.5, 0.6) is 0 Å². The minimum atomic E-state index is -4.77. The molecule has 226 valence electrons. The fourth-order valence-corrected chi connectivity index (χ4v) is 4.79. The number of carbonyl (C=O) groups is 1. The van der Waals surface area contributed by atoms with E-state index in [0.29, 0.717) is 6.42 Å². The summed E-state index contributed by atoms with van der Waals surface area (Å²) in [6, 6.07) is 0. The molecule has 0 saturated carbocycles. The highest BCUT2D eigenvalue weighted by Crippen LogP contribution is 2.15. The largest absolute Gasteiger partial charge is 0.471 e. The topological polar surface area (TPSA) is 32.3 Å². The van der Waals surface area contributed by atoms with Crippen LogP contribution >= 0.6 is 0 Å². The highest BCUT2D eigenvalue weighted by atomic mass is 19.4. The second-order valence-corrected chi connectivity index (χ2v) is 11.0. The van der Waals surface area contributed by atoms with E-state index >= 15 is 0 Å². The van der Waals surface area contributed by atoms with Gasteiger partial charge in [0.25, 0.3) is 0 Å². The molecule has 38 heavy (non-hydrogen) atoms. The molecule has 0 unspecified atom stereocenters. The minimum absolute atomic E-state index is 0.106. The maximum atomic E-state index is 12.1. The van der Waals surface area contributed by atoms with E-state index in [4.69, 9.17) is 0 Å². The molecule has 0 spiro atoms. The molecule has 0 radical (unpaired) electrons. The summed E-state index contributed by atoms with van der Waals surface area (Å²) < 4.78 is 36.3. The number of nitrogens with one attached hydrogen (secondary N) is 1. The van der Waals surface area contributed by atoms with Gasteiger partial charge in [0, 0.05) is 13.1 Å². The fourth-order valence-electron chi connectivity index (χ4n) is 4.79. The van der Waals surface area contributed by atoms with Gasteiger partial charge in [0.15, 0.2) is 0 Å². The zero-order chi connectivity index (χ0) is 28.2. The second kappa shape index (κ2) is 27.5. The Labute approximate surface area is 233 Å². The lowest BCUT2D eigenvalue weighted by Gasteiger charge is -2.20. The number of hydrogen-bond donors (Lipinski definition) is 1. The van der Waals surface area contributed by atoms with Gasteiger partial charge in [-0.25, -0.2) is 0 Å². The summed E-state index contributed by atoms with van der Waals surface area (Å²) in [5.74, 6) is -1.83. The Bertz CT molecular complexity index is 537. The van der Waals surface area contributed by atoms with Crippen LogP contribution in [0.3, 0.4) is 0 Å². The third-order valence-corrected chi connectivity index (χ3v) is 7.28. The van der Waals surface area contributed by atoms with Crippen molar-refractivity contribution in [2.75, 3.05) is 26.2 Å². The summed E-state index contributed by atoms with van der Waals surface area (Å²) in [4.78, 5) is 13.4. The van der Waals surface area contributed by atoms with Crippen molar-refractivity contribution in [3.63, 3.8) is 0 Å². The van der Waals surface area contributed by atoms with Crippen LogP contribution in [0.1, 0.15) is 155 Å². The first-order valence-corrected chi connectivity index (χ1v) is 16.1. The molecule has 0 atom stereocenters. The molecule has 0 aliphatic heterocycles. The standard InChI is InChI=1S/C32H61F3N2O/c1-3-5-7-9-10-11-12-15-18-21-25-29-37(28-24-8-6-4-2)30-26-22-19-16-13-14-17-20-23-27-36-31(38)32(33,34)35/h22,26H,3-21,23-25,27-30H2,1-2H3,(H,36,38)/b26-22-. The lowest BCUT2D eigenvalue weighted by molar-refractivity contribution is -0.173. The van der Waals surface area contributed by atoms with E-state index in [-0.39, 0.29) is 6.54 Å². The van der Waals surface area contributed by atoms with E-state index in [1.807, 2.05) is 5.32 Å². The maximum Gasteiger partial charge on any atom is 0.471 e. The highest BCUT2D eigenvalue weighted by Gasteiger charge is 2.38. The van der Waals surface area contributed by atoms with E-state index in [0.717, 1.165) is 45.1 Å². The van der Waals surface area contributed by atoms with Crippen LogP contribution in [0.4, 0.5) is 13.2 Å². The third-order valence-electron chi connectivity index (χ3n) is 7.28. The molecule has 0 aromatic carbocycles. The number of halogens is 3. The predicted molar refractivity (Wildman–Crippen MR) is 158 cm³/mol. The molecule has 0 rings (SSSR count). The number of alkyl halides is 3. The summed E-state index contributed by atoms with van der Waals surface area (Å²) in [6.07, 6.45) is 27.5. The molecule has 0 heterocycles. The summed E-state index contributed by atoms with van der Waals surface area (Å²) >= 11 is 0. The number of hydrogen-bond acceptors (Lipinski definition) is 2. The van der Waals surface area contributed by atoms with Crippen LogP contribution in [0.25, 0.3) is 0 Å². The summed E-state index contributed by atoms with van der Waals surface area (Å²) in [6.45, 7) is 8.15. The monoisotopic (exact) mass is 546 g/mol. The van der Waals surface area contributed by atoms with Crippen LogP contribution in [0, 0.1) is 0 Å². The van der Waals surface area contributed by atoms with Crippen LogP contribution < -0.4 is 5.32 Å². The first-order chi connectivity index (χ1) is 18.4. The number of unbranched alkanes of at least 4 members (excludes halogenated alkanes) is 19. The lowest BCUT2D eigenvalue weighted by atomic mass is 10.1. The molecular weight excluding hydrogens is 485 g/mol. The Morgan fingerprint density at radius 3 is 1.53 bits per heavy atom. The molecule has 0 saturated heterocycles. The SMILES string of the molecule is CCCCCCCCCCCCCN(C/C=C\CCCCCCCCNC(=O)C(F)(F)F)CCCCCC. The van der Waals surface area contributed by atoms with E-state index < -0.39 is 12.1 Å². The molecule has 0 bridgehead atoms. The quantitative estimate of drug-likeness (QED) is 0.0782. The molecule has 6 heteroatoms. The lowest BCUT2D eigenvalue weighted by Crippen LogP contribution is -2.37. The first-order valence-electron chi connectivity index (χ1n) is 16.1. The fraction of sp³-hybridized carbons (Fsp3) is 0.906. The molecule has 0 aromatic rings. The maximum absolute atomic E-state index is 12.1. The normalized spacial score (nSPS) is 12.2. The number of nitrogens with zero attached hydrogens (tertiary/aromatic N) is 1. The van der Waals surface area contributed by atoms with Crippen molar-refractivity contribution in [3.8, 4) is 0 Å². The van der Waals surface area contributed by atoms with Crippen molar-refractivity contribution >= 4 is 5.91 Å². The Kier molecular flexibility index (Phi) is 26.8. The van der Waals surface area contributed by atoms with Crippen molar-refractivity contribution in [1.82, 2.24) is 10.2 Å². The van der Waals surface area contributed by atoms with Gasteiger partial charge < -0.3 is 5.32 Å². The zero-order valence-electron chi connectivity index (χ0n) is 25.0. The third kappa shape index (κ3) is 26.6. The second-order valence-electron chi connectivity index (χ2n) is 11.0. The molecule has 1 N–H and O–H groups in total. The molecule has 1 amide bonds. The van der Waals surface area contributed by atoms with Gasteiger partial charge in [0.2, 0.25) is 0 Å². The van der Waals surface area contributed by atoms with E-state index in [1.54, 1.807) is 0 Å². The molecule has 0 fully saturated rings. The zero-order valence-corrected chi connectivity index (χ0v) is 25.0. The van der Waals surface area contributed by atoms with Gasteiger partial charge in [0.05, 0.1) is 0 Å². The van der Waals surface area contributed by atoms with Crippen LogP contribution in [-0.2, 0) is 4.79 Å². The van der Waals surface area contributed by atoms with E-state index in [1.165, 1.54) is 109 Å². The molecule has 0 aromatic heterocycles. The summed E-state index contributed by atoms with van der Waals surface area (Å²) in [7, 11) is 0. The smallest absolute Gasteiger partial charge is 0.348 e. The van der Waals surface area contributed by atoms with Crippen LogP contribution in [-0.4, -0.2) is 43.2 Å². The summed E-state index contributed by atoms with van der Waals surface area (Å²) in [5, 5.41) is 1.93. The van der Waals surface area contributed by atoms with Gasteiger partial charge in [0.1, 0.15) is 0 Å². The molecule has 0 aliphatic carbocycles. The Balaban J connectivity index is 3.81. The van der Waals surface area contributed by atoms with Gasteiger partial charge in [-0.2, -0.15) is 13.2 Å². The van der Waals surface area contributed by atoms with Gasteiger partial charge in [-0.05, 0) is 45.2 Å². The molecule has 3 nitrogen and oxygen atoms in total. The Hall–Kier alpha value is -1.04. The van der Waals surface area contributed by atoms with Gasteiger partial charge >= 0.3 is 12.1 Å². The Morgan fingerprint density at radius 2 is 1.03 bits per heavy atom. The van der Waals surface area contributed by atoms with E-state index in [2.05, 4.69) is 30.9 Å². The number of rotatable bonds is 28. The van der Waals surface area contributed by atoms with Crippen molar-refractivity contribution in [2.45, 2.75) is 161 Å². The minimum Gasteiger partial charge on any atom is -0.348 e. The average molecular weight is 547 g/mol. The van der Waals surface area contributed by atoms with Gasteiger partial charge in [-0.15, -0.1) is 0 Å². The highest BCUT2D eigenvalue weighted by molar-refractivity contribution is 5.81. The number of allylic oxidation sites excluding steroid dienone is 1.